The van der Waals surface area contributed by atoms with Crippen LogP contribution in [0.1, 0.15) is 32.4 Å². The van der Waals surface area contributed by atoms with E-state index < -0.39 is 17.0 Å². The molecule has 0 amide bonds. The highest BCUT2D eigenvalue weighted by atomic mass is 16.6. The molecule has 1 atom stereocenters. The van der Waals surface area contributed by atoms with Gasteiger partial charge in [-0.3, -0.25) is 14.9 Å². The summed E-state index contributed by atoms with van der Waals surface area (Å²) in [5, 5.41) is 10.6. The van der Waals surface area contributed by atoms with Gasteiger partial charge >= 0.3 is 5.97 Å². The van der Waals surface area contributed by atoms with E-state index in [1.54, 1.807) is 18.2 Å². The van der Waals surface area contributed by atoms with Gasteiger partial charge in [0, 0.05) is 23.3 Å². The van der Waals surface area contributed by atoms with Crippen LogP contribution in [0.15, 0.2) is 48.5 Å². The number of nitro benzene ring substituents is 1. The van der Waals surface area contributed by atoms with Crippen molar-refractivity contribution in [3.63, 3.8) is 0 Å². The van der Waals surface area contributed by atoms with Crippen molar-refractivity contribution in [1.29, 1.82) is 0 Å². The number of ketones is 1. The van der Waals surface area contributed by atoms with Gasteiger partial charge in [-0.2, -0.15) is 0 Å². The fourth-order valence-electron chi connectivity index (χ4n) is 2.23. The highest BCUT2D eigenvalue weighted by Gasteiger charge is 2.34. The number of cyclic esters (lactones) is 1. The number of hydrogen-bond donors (Lipinski definition) is 0. The molecule has 0 N–H and O–H groups in total. The zero-order valence-electron chi connectivity index (χ0n) is 10.7. The van der Waals surface area contributed by atoms with Gasteiger partial charge in [-0.1, -0.05) is 18.2 Å². The van der Waals surface area contributed by atoms with E-state index in [4.69, 9.17) is 4.74 Å². The summed E-state index contributed by atoms with van der Waals surface area (Å²) in [7, 11) is 0. The van der Waals surface area contributed by atoms with Crippen LogP contribution >= 0.6 is 0 Å². The molecule has 2 aromatic carbocycles. The Morgan fingerprint density at radius 3 is 2.19 bits per heavy atom. The summed E-state index contributed by atoms with van der Waals surface area (Å²) >= 11 is 0. The Labute approximate surface area is 119 Å². The average molecular weight is 283 g/mol. The average Bonchev–Trinajstić information content (AvgIpc) is 2.51. The molecule has 0 bridgehead atoms. The zero-order chi connectivity index (χ0) is 15.0. The zero-order valence-corrected chi connectivity index (χ0v) is 10.7. The number of esters is 1. The summed E-state index contributed by atoms with van der Waals surface area (Å²) in [6.07, 6.45) is -1.06. The van der Waals surface area contributed by atoms with Gasteiger partial charge in [-0.05, 0) is 18.2 Å². The van der Waals surface area contributed by atoms with E-state index in [0.29, 0.717) is 11.1 Å². The first-order chi connectivity index (χ1) is 10.1. The van der Waals surface area contributed by atoms with Crippen LogP contribution in [0, 0.1) is 10.1 Å². The van der Waals surface area contributed by atoms with Crippen LogP contribution in [0.25, 0.3) is 0 Å². The molecule has 0 aromatic heterocycles. The fourth-order valence-corrected chi connectivity index (χ4v) is 2.23. The van der Waals surface area contributed by atoms with Crippen molar-refractivity contribution in [2.75, 3.05) is 0 Å². The van der Waals surface area contributed by atoms with Crippen LogP contribution in [0.5, 0.6) is 0 Å². The summed E-state index contributed by atoms with van der Waals surface area (Å²) in [6, 6.07) is 11.8. The minimum absolute atomic E-state index is 0.0891. The third-order valence-electron chi connectivity index (χ3n) is 3.28. The molecular formula is C15H9NO5. The first kappa shape index (κ1) is 13.0. The van der Waals surface area contributed by atoms with E-state index in [0.717, 1.165) is 0 Å². The molecule has 6 heteroatoms. The minimum Gasteiger partial charge on any atom is -0.445 e. The van der Waals surface area contributed by atoms with Crippen LogP contribution < -0.4 is 0 Å². The predicted octanol–water partition coefficient (Wildman–Crippen LogP) is 2.69. The Morgan fingerprint density at radius 2 is 1.57 bits per heavy atom. The first-order valence-electron chi connectivity index (χ1n) is 6.16. The van der Waals surface area contributed by atoms with Crippen LogP contribution in [0.4, 0.5) is 5.69 Å². The second kappa shape index (κ2) is 4.82. The summed E-state index contributed by atoms with van der Waals surface area (Å²) in [5.41, 5.74) is 0.861. The molecule has 104 valence electrons. The SMILES string of the molecule is O=C1O[C@H](c2ccc([N+](=O)[O-])cc2)C(=O)c2ccccc21. The van der Waals surface area contributed by atoms with Crippen LogP contribution in [-0.2, 0) is 4.74 Å². The topological polar surface area (TPSA) is 86.5 Å². The molecule has 2 aromatic rings. The molecule has 0 aliphatic carbocycles. The van der Waals surface area contributed by atoms with Gasteiger partial charge < -0.3 is 4.74 Å². The van der Waals surface area contributed by atoms with Gasteiger partial charge in [0.15, 0.2) is 6.10 Å². The Bertz CT molecular complexity index is 751. The summed E-state index contributed by atoms with van der Waals surface area (Å²) in [4.78, 5) is 34.4. The van der Waals surface area contributed by atoms with Crippen molar-refractivity contribution in [2.24, 2.45) is 0 Å². The van der Waals surface area contributed by atoms with Gasteiger partial charge in [0.05, 0.1) is 10.5 Å². The van der Waals surface area contributed by atoms with Crippen LogP contribution in [0.2, 0.25) is 0 Å². The van der Waals surface area contributed by atoms with Crippen molar-refractivity contribution in [2.45, 2.75) is 6.10 Å². The Kier molecular flexibility index (Phi) is 2.98. The molecule has 0 spiro atoms. The molecule has 1 aliphatic rings. The molecule has 0 saturated heterocycles. The van der Waals surface area contributed by atoms with E-state index >= 15 is 0 Å². The summed E-state index contributed by atoms with van der Waals surface area (Å²) in [5.74, 6) is -0.910. The second-order valence-electron chi connectivity index (χ2n) is 4.54. The Hall–Kier alpha value is -3.02. The first-order valence-corrected chi connectivity index (χ1v) is 6.16. The molecule has 21 heavy (non-hydrogen) atoms. The highest BCUT2D eigenvalue weighted by Crippen LogP contribution is 2.31. The van der Waals surface area contributed by atoms with Gasteiger partial charge in [0.2, 0.25) is 5.78 Å². The van der Waals surface area contributed by atoms with Crippen molar-refractivity contribution >= 4 is 17.4 Å². The van der Waals surface area contributed by atoms with Crippen molar-refractivity contribution < 1.29 is 19.2 Å². The van der Waals surface area contributed by atoms with Crippen molar-refractivity contribution in [3.05, 3.63) is 75.3 Å². The number of benzene rings is 2. The van der Waals surface area contributed by atoms with Gasteiger partial charge in [-0.15, -0.1) is 0 Å². The highest BCUT2D eigenvalue weighted by molar-refractivity contribution is 6.12. The lowest BCUT2D eigenvalue weighted by molar-refractivity contribution is -0.384. The molecule has 1 heterocycles. The number of non-ortho nitro benzene ring substituents is 1. The second-order valence-corrected chi connectivity index (χ2v) is 4.54. The Balaban J connectivity index is 1.99. The predicted molar refractivity (Wildman–Crippen MR) is 72.0 cm³/mol. The normalized spacial score (nSPS) is 17.0. The van der Waals surface area contributed by atoms with Gasteiger partial charge in [0.25, 0.3) is 5.69 Å². The maximum Gasteiger partial charge on any atom is 0.339 e. The number of nitrogens with zero attached hydrogens (tertiary/aromatic N) is 1. The number of fused-ring (bicyclic) bond motifs is 1. The quantitative estimate of drug-likeness (QED) is 0.480. The molecule has 3 rings (SSSR count). The van der Waals surface area contributed by atoms with E-state index in [-0.39, 0.29) is 17.0 Å². The summed E-state index contributed by atoms with van der Waals surface area (Å²) in [6.45, 7) is 0. The number of hydrogen-bond acceptors (Lipinski definition) is 5. The Morgan fingerprint density at radius 1 is 0.952 bits per heavy atom. The summed E-state index contributed by atoms with van der Waals surface area (Å²) < 4.78 is 5.15. The van der Waals surface area contributed by atoms with Crippen molar-refractivity contribution in [3.8, 4) is 0 Å². The fraction of sp³-hybridized carbons (Fsp3) is 0.0667. The molecule has 0 radical (unpaired) electrons. The number of nitro groups is 1. The van der Waals surface area contributed by atoms with E-state index in [2.05, 4.69) is 0 Å². The lowest BCUT2D eigenvalue weighted by Crippen LogP contribution is -2.27. The smallest absolute Gasteiger partial charge is 0.339 e. The molecule has 0 saturated carbocycles. The van der Waals surface area contributed by atoms with Gasteiger partial charge in [-0.25, -0.2) is 4.79 Å². The monoisotopic (exact) mass is 283 g/mol. The number of rotatable bonds is 2. The lowest BCUT2D eigenvalue weighted by Gasteiger charge is -2.23. The van der Waals surface area contributed by atoms with E-state index in [1.165, 1.54) is 30.3 Å². The number of carbonyl (C=O) groups is 2. The third kappa shape index (κ3) is 2.16. The maximum absolute atomic E-state index is 12.4. The molecule has 1 aliphatic heterocycles. The number of carbonyl (C=O) groups excluding carboxylic acids is 2. The number of Topliss-reactive ketones (excluding diaryl/α,β-unsaturated/α-hetero) is 1. The van der Waals surface area contributed by atoms with Crippen molar-refractivity contribution in [1.82, 2.24) is 0 Å². The standard InChI is InChI=1S/C15H9NO5/c17-13-11-3-1-2-4-12(11)15(18)21-14(13)9-5-7-10(8-6-9)16(19)20/h1-8,14H/t14-/m1/s1. The maximum atomic E-state index is 12.4. The molecule has 0 unspecified atom stereocenters. The number of ether oxygens (including phenoxy) is 1. The van der Waals surface area contributed by atoms with E-state index in [1.807, 2.05) is 0 Å². The third-order valence-corrected chi connectivity index (χ3v) is 3.28. The van der Waals surface area contributed by atoms with Gasteiger partial charge in [0.1, 0.15) is 0 Å². The molecule has 0 fully saturated rings. The van der Waals surface area contributed by atoms with E-state index in [9.17, 15) is 19.7 Å². The molecule has 6 nitrogen and oxygen atoms in total. The molecular weight excluding hydrogens is 274 g/mol. The van der Waals surface area contributed by atoms with Crippen LogP contribution in [0.3, 0.4) is 0 Å². The largest absolute Gasteiger partial charge is 0.445 e. The lowest BCUT2D eigenvalue weighted by atomic mass is 9.93. The minimum atomic E-state index is -1.06. The van der Waals surface area contributed by atoms with Crippen LogP contribution in [-0.4, -0.2) is 16.7 Å².